The molecular weight excluding hydrogens is 548 g/mol. The van der Waals surface area contributed by atoms with Crippen LogP contribution in [0.25, 0.3) is 0 Å². The van der Waals surface area contributed by atoms with Crippen LogP contribution in [0.1, 0.15) is 219 Å². The van der Waals surface area contributed by atoms with Crippen molar-refractivity contribution in [2.75, 3.05) is 13.2 Å². The molecule has 0 aliphatic rings. The van der Waals surface area contributed by atoms with Crippen molar-refractivity contribution < 1.29 is 4.74 Å². The van der Waals surface area contributed by atoms with Crippen molar-refractivity contribution in [2.45, 2.75) is 231 Å². The highest BCUT2D eigenvalue weighted by Gasteiger charge is 2.05. The van der Waals surface area contributed by atoms with Crippen LogP contribution in [0.4, 0.5) is 0 Å². The van der Waals surface area contributed by atoms with Crippen LogP contribution < -0.4 is 11.5 Å². The molecule has 2 atom stereocenters. The highest BCUT2D eigenvalue weighted by Crippen LogP contribution is 2.14. The van der Waals surface area contributed by atoms with Gasteiger partial charge in [-0.25, -0.2) is 0 Å². The lowest BCUT2D eigenvalue weighted by atomic mass is 10.0. The third-order valence-electron chi connectivity index (χ3n) is 9.44. The summed E-state index contributed by atoms with van der Waals surface area (Å²) in [4.78, 5) is 0. The van der Waals surface area contributed by atoms with Gasteiger partial charge in [0.15, 0.2) is 0 Å². The van der Waals surface area contributed by atoms with E-state index in [9.17, 15) is 0 Å². The monoisotopic (exact) mass is 633 g/mol. The molecule has 0 saturated carbocycles. The van der Waals surface area contributed by atoms with Crippen molar-refractivity contribution in [3.8, 4) is 0 Å². The van der Waals surface area contributed by atoms with Gasteiger partial charge in [-0.15, -0.1) is 0 Å². The molecule has 0 radical (unpaired) electrons. The molecule has 0 aromatic heterocycles. The first-order valence-corrected chi connectivity index (χ1v) is 20.6. The molecule has 0 rings (SSSR count). The second-order valence-corrected chi connectivity index (χ2v) is 14.2. The van der Waals surface area contributed by atoms with Gasteiger partial charge in [0.2, 0.25) is 0 Å². The van der Waals surface area contributed by atoms with Crippen LogP contribution in [0.2, 0.25) is 0 Å². The van der Waals surface area contributed by atoms with Crippen LogP contribution in [0, 0.1) is 0 Å². The summed E-state index contributed by atoms with van der Waals surface area (Å²) in [5.41, 5.74) is 12.7. The van der Waals surface area contributed by atoms with Crippen LogP contribution in [-0.2, 0) is 4.74 Å². The van der Waals surface area contributed by atoms with Crippen LogP contribution in [0.3, 0.4) is 0 Å². The highest BCUT2D eigenvalue weighted by molar-refractivity contribution is 4.82. The van der Waals surface area contributed by atoms with E-state index < -0.39 is 0 Å². The predicted molar refractivity (Wildman–Crippen MR) is 204 cm³/mol. The van der Waals surface area contributed by atoms with E-state index in [1.165, 1.54) is 180 Å². The molecule has 0 aromatic rings. The van der Waals surface area contributed by atoms with Gasteiger partial charge in [0.1, 0.15) is 0 Å². The van der Waals surface area contributed by atoms with E-state index >= 15 is 0 Å². The molecule has 0 aliphatic heterocycles. The molecule has 2 unspecified atom stereocenters. The second-order valence-electron chi connectivity index (χ2n) is 14.2. The minimum atomic E-state index is 0.289. The van der Waals surface area contributed by atoms with Crippen molar-refractivity contribution in [1.29, 1.82) is 0 Å². The van der Waals surface area contributed by atoms with Crippen molar-refractivity contribution in [3.05, 3.63) is 24.3 Å². The van der Waals surface area contributed by atoms with Crippen LogP contribution >= 0.6 is 0 Å². The zero-order chi connectivity index (χ0) is 32.7. The van der Waals surface area contributed by atoms with Crippen LogP contribution in [-0.4, -0.2) is 25.3 Å². The minimum absolute atomic E-state index is 0.289. The topological polar surface area (TPSA) is 61.3 Å². The van der Waals surface area contributed by atoms with Gasteiger partial charge in [0.25, 0.3) is 0 Å². The SMILES string of the molecule is CCCCCCCC/C=C\CCCCCCCCC(N)CCOCCC(N)CCCCCCCC/C=C\CCCCCCCC. The van der Waals surface area contributed by atoms with E-state index in [2.05, 4.69) is 38.2 Å². The quantitative estimate of drug-likeness (QED) is 0.0526. The van der Waals surface area contributed by atoms with Crippen molar-refractivity contribution in [1.82, 2.24) is 0 Å². The molecule has 3 heteroatoms. The van der Waals surface area contributed by atoms with Gasteiger partial charge in [-0.3, -0.25) is 0 Å². The standard InChI is InChI=1S/C42H84N2O/c1-3-5-7-9-11-13-15-17-19-21-23-25-27-29-31-33-35-41(43)37-39-45-40-38-42(44)36-34-32-30-28-26-24-22-20-18-16-14-12-10-8-6-4-2/h17-20,41-42H,3-16,21-40,43-44H2,1-2H3/b19-17-,20-18-. The first-order valence-electron chi connectivity index (χ1n) is 20.6. The lowest BCUT2D eigenvalue weighted by Crippen LogP contribution is -2.24. The fraction of sp³-hybridized carbons (Fsp3) is 0.905. The molecule has 3 nitrogen and oxygen atoms in total. The summed E-state index contributed by atoms with van der Waals surface area (Å²) in [6.07, 6.45) is 51.9. The number of hydrogen-bond acceptors (Lipinski definition) is 3. The first kappa shape index (κ1) is 44.4. The molecule has 0 aromatic carbocycles. The summed E-state index contributed by atoms with van der Waals surface area (Å²) in [7, 11) is 0. The average Bonchev–Trinajstić information content (AvgIpc) is 3.04. The summed E-state index contributed by atoms with van der Waals surface area (Å²) < 4.78 is 5.87. The Morgan fingerprint density at radius 2 is 0.622 bits per heavy atom. The molecule has 0 aliphatic carbocycles. The lowest BCUT2D eigenvalue weighted by Gasteiger charge is -2.14. The second kappa shape index (κ2) is 39.5. The summed E-state index contributed by atoms with van der Waals surface area (Å²) in [5.74, 6) is 0. The van der Waals surface area contributed by atoms with E-state index in [1.807, 2.05) is 0 Å². The third kappa shape index (κ3) is 39.5. The van der Waals surface area contributed by atoms with Gasteiger partial charge in [0, 0.05) is 25.3 Å². The Kier molecular flexibility index (Phi) is 39.0. The Morgan fingerprint density at radius 1 is 0.356 bits per heavy atom. The highest BCUT2D eigenvalue weighted by atomic mass is 16.5. The maximum absolute atomic E-state index is 6.33. The Bertz CT molecular complexity index is 539. The third-order valence-corrected chi connectivity index (χ3v) is 9.44. The summed E-state index contributed by atoms with van der Waals surface area (Å²) >= 11 is 0. The molecule has 0 bridgehead atoms. The molecule has 4 N–H and O–H groups in total. The zero-order valence-corrected chi connectivity index (χ0v) is 31.1. The Balaban J connectivity index is 3.31. The first-order chi connectivity index (χ1) is 22.2. The van der Waals surface area contributed by atoms with E-state index in [-0.39, 0.29) is 12.1 Å². The smallest absolute Gasteiger partial charge is 0.0480 e. The van der Waals surface area contributed by atoms with Gasteiger partial charge in [-0.1, -0.05) is 167 Å². The van der Waals surface area contributed by atoms with Gasteiger partial charge in [-0.05, 0) is 77.0 Å². The number of unbranched alkanes of at least 4 members (excludes halogenated alkanes) is 24. The summed E-state index contributed by atoms with van der Waals surface area (Å²) in [5, 5.41) is 0. The number of ether oxygens (including phenoxy) is 1. The number of hydrogen-bond donors (Lipinski definition) is 2. The molecule has 45 heavy (non-hydrogen) atoms. The Hall–Kier alpha value is -0.640. The van der Waals surface area contributed by atoms with E-state index in [4.69, 9.17) is 16.2 Å². The number of allylic oxidation sites excluding steroid dienone is 4. The maximum Gasteiger partial charge on any atom is 0.0480 e. The number of rotatable bonds is 38. The lowest BCUT2D eigenvalue weighted by molar-refractivity contribution is 0.119. The zero-order valence-electron chi connectivity index (χ0n) is 31.1. The van der Waals surface area contributed by atoms with Gasteiger partial charge in [-0.2, -0.15) is 0 Å². The van der Waals surface area contributed by atoms with E-state index in [0.29, 0.717) is 0 Å². The van der Waals surface area contributed by atoms with Crippen molar-refractivity contribution >= 4 is 0 Å². The molecule has 0 fully saturated rings. The van der Waals surface area contributed by atoms with Gasteiger partial charge >= 0.3 is 0 Å². The molecule has 0 spiro atoms. The Morgan fingerprint density at radius 3 is 0.933 bits per heavy atom. The van der Waals surface area contributed by atoms with Crippen LogP contribution in [0.15, 0.2) is 24.3 Å². The molecular formula is C42H84N2O. The van der Waals surface area contributed by atoms with E-state index in [0.717, 1.165) is 38.9 Å². The largest absolute Gasteiger partial charge is 0.381 e. The fourth-order valence-electron chi connectivity index (χ4n) is 6.17. The van der Waals surface area contributed by atoms with E-state index in [1.54, 1.807) is 0 Å². The summed E-state index contributed by atoms with van der Waals surface area (Å²) in [6, 6.07) is 0.577. The molecule has 0 heterocycles. The minimum Gasteiger partial charge on any atom is -0.381 e. The normalized spacial score (nSPS) is 13.4. The molecule has 268 valence electrons. The fourth-order valence-corrected chi connectivity index (χ4v) is 6.17. The van der Waals surface area contributed by atoms with Gasteiger partial charge < -0.3 is 16.2 Å². The van der Waals surface area contributed by atoms with Crippen molar-refractivity contribution in [2.24, 2.45) is 11.5 Å². The number of nitrogens with two attached hydrogens (primary N) is 2. The van der Waals surface area contributed by atoms with Crippen molar-refractivity contribution in [3.63, 3.8) is 0 Å². The summed E-state index contributed by atoms with van der Waals surface area (Å²) in [6.45, 7) is 6.15. The molecule has 0 saturated heterocycles. The molecule has 0 amide bonds. The van der Waals surface area contributed by atoms with Gasteiger partial charge in [0.05, 0.1) is 0 Å². The average molecular weight is 633 g/mol. The maximum atomic E-state index is 6.33. The van der Waals surface area contributed by atoms with Crippen LogP contribution in [0.5, 0.6) is 0 Å². The predicted octanol–water partition coefficient (Wildman–Crippen LogP) is 13.3. The Labute approximate surface area is 284 Å².